The van der Waals surface area contributed by atoms with Gasteiger partial charge in [-0.25, -0.2) is 4.39 Å². The van der Waals surface area contributed by atoms with Crippen molar-refractivity contribution < 1.29 is 18.8 Å². The predicted octanol–water partition coefficient (Wildman–Crippen LogP) is 1.12. The summed E-state index contributed by atoms with van der Waals surface area (Å²) in [7, 11) is 0. The highest BCUT2D eigenvalue weighted by atomic mass is 19.1. The van der Waals surface area contributed by atoms with Crippen LogP contribution in [0.1, 0.15) is 15.9 Å². The van der Waals surface area contributed by atoms with Gasteiger partial charge in [-0.3, -0.25) is 25.2 Å². The summed E-state index contributed by atoms with van der Waals surface area (Å²) in [5.74, 6) is -2.01. The van der Waals surface area contributed by atoms with Crippen LogP contribution in [0.25, 0.3) is 0 Å². The molecule has 26 heavy (non-hydrogen) atoms. The van der Waals surface area contributed by atoms with Crippen LogP contribution in [0.5, 0.6) is 0 Å². The maximum Gasteiger partial charge on any atom is 0.257 e. The molecule has 0 heterocycles. The number of rotatable bonds is 6. The molecule has 0 radical (unpaired) electrons. The van der Waals surface area contributed by atoms with Gasteiger partial charge in [-0.2, -0.15) is 0 Å². The van der Waals surface area contributed by atoms with Gasteiger partial charge in [0.2, 0.25) is 0 Å². The van der Waals surface area contributed by atoms with E-state index in [0.717, 1.165) is 23.4 Å². The number of anilines is 1. The number of hydrogen-bond donors (Lipinski definition) is 4. The van der Waals surface area contributed by atoms with Crippen LogP contribution >= 0.6 is 0 Å². The van der Waals surface area contributed by atoms with Gasteiger partial charge in [0.1, 0.15) is 5.82 Å². The van der Waals surface area contributed by atoms with E-state index in [-0.39, 0.29) is 18.7 Å². The van der Waals surface area contributed by atoms with Crippen molar-refractivity contribution in [2.24, 2.45) is 0 Å². The lowest BCUT2D eigenvalue weighted by atomic mass is 10.2. The summed E-state index contributed by atoms with van der Waals surface area (Å²) in [5.41, 5.74) is 6.54. The molecular formula is C18H19FN4O3. The van der Waals surface area contributed by atoms with Crippen LogP contribution in [0, 0.1) is 12.7 Å². The minimum atomic E-state index is -0.593. The molecule has 0 bridgehead atoms. The molecule has 8 heteroatoms. The van der Waals surface area contributed by atoms with Crippen molar-refractivity contribution >= 4 is 23.4 Å². The summed E-state index contributed by atoms with van der Waals surface area (Å²) in [4.78, 5) is 35.1. The van der Waals surface area contributed by atoms with E-state index in [1.165, 1.54) is 12.1 Å². The van der Waals surface area contributed by atoms with E-state index >= 15 is 0 Å². The number of hydrogen-bond acceptors (Lipinski definition) is 4. The number of amides is 3. The molecule has 0 unspecified atom stereocenters. The predicted molar refractivity (Wildman–Crippen MR) is 94.7 cm³/mol. The molecule has 7 nitrogen and oxygen atoms in total. The normalized spacial score (nSPS) is 9.92. The van der Waals surface area contributed by atoms with Crippen molar-refractivity contribution in [1.82, 2.24) is 16.2 Å². The molecule has 136 valence electrons. The first-order valence-electron chi connectivity index (χ1n) is 7.86. The zero-order chi connectivity index (χ0) is 18.9. The molecule has 0 fully saturated rings. The van der Waals surface area contributed by atoms with Gasteiger partial charge in [0, 0.05) is 11.3 Å². The van der Waals surface area contributed by atoms with Crippen LogP contribution in [-0.4, -0.2) is 30.8 Å². The molecule has 0 saturated carbocycles. The van der Waals surface area contributed by atoms with E-state index in [0.29, 0.717) is 0 Å². The Kier molecular flexibility index (Phi) is 6.67. The summed E-state index contributed by atoms with van der Waals surface area (Å²) in [5, 5.41) is 5.27. The van der Waals surface area contributed by atoms with E-state index < -0.39 is 23.5 Å². The van der Waals surface area contributed by atoms with Gasteiger partial charge in [-0.15, -0.1) is 0 Å². The summed E-state index contributed by atoms with van der Waals surface area (Å²) in [6.45, 7) is 1.61. The first-order valence-corrected chi connectivity index (χ1v) is 7.86. The topological polar surface area (TPSA) is 99.3 Å². The van der Waals surface area contributed by atoms with E-state index in [4.69, 9.17) is 0 Å². The van der Waals surface area contributed by atoms with Crippen molar-refractivity contribution in [1.29, 1.82) is 0 Å². The summed E-state index contributed by atoms with van der Waals surface area (Å²) in [6, 6.07) is 12.4. The molecule has 0 spiro atoms. The van der Waals surface area contributed by atoms with Gasteiger partial charge in [0.15, 0.2) is 0 Å². The first kappa shape index (κ1) is 18.9. The van der Waals surface area contributed by atoms with Gasteiger partial charge >= 0.3 is 0 Å². The van der Waals surface area contributed by atoms with Crippen LogP contribution in [0.15, 0.2) is 48.5 Å². The highest BCUT2D eigenvalue weighted by molar-refractivity contribution is 5.96. The smallest absolute Gasteiger partial charge is 0.257 e. The number of hydrazine groups is 1. The molecule has 2 rings (SSSR count). The van der Waals surface area contributed by atoms with Crippen molar-refractivity contribution in [3.8, 4) is 0 Å². The van der Waals surface area contributed by atoms with Gasteiger partial charge < -0.3 is 10.6 Å². The Morgan fingerprint density at radius 1 is 0.846 bits per heavy atom. The fourth-order valence-corrected chi connectivity index (χ4v) is 1.95. The fourth-order valence-electron chi connectivity index (χ4n) is 1.95. The molecule has 4 N–H and O–H groups in total. The minimum absolute atomic E-state index is 0.0225. The lowest BCUT2D eigenvalue weighted by molar-refractivity contribution is -0.127. The van der Waals surface area contributed by atoms with Crippen molar-refractivity contribution in [2.45, 2.75) is 6.92 Å². The van der Waals surface area contributed by atoms with Crippen molar-refractivity contribution in [2.75, 3.05) is 18.4 Å². The lowest BCUT2D eigenvalue weighted by Gasteiger charge is -2.10. The van der Waals surface area contributed by atoms with E-state index in [1.807, 2.05) is 31.2 Å². The molecule has 0 aliphatic rings. The quantitative estimate of drug-likeness (QED) is 0.582. The third-order valence-corrected chi connectivity index (χ3v) is 3.36. The first-order chi connectivity index (χ1) is 12.4. The number of nitrogens with one attached hydrogen (secondary N) is 4. The zero-order valence-corrected chi connectivity index (χ0v) is 14.1. The van der Waals surface area contributed by atoms with Crippen LogP contribution in [-0.2, 0) is 9.59 Å². The van der Waals surface area contributed by atoms with Gasteiger partial charge in [-0.1, -0.05) is 17.7 Å². The van der Waals surface area contributed by atoms with Crippen molar-refractivity contribution in [3.05, 3.63) is 65.5 Å². The maximum absolute atomic E-state index is 12.8. The molecule has 0 aliphatic carbocycles. The highest BCUT2D eigenvalue weighted by Gasteiger charge is 2.09. The largest absolute Gasteiger partial charge is 0.376 e. The number of halogens is 1. The van der Waals surface area contributed by atoms with Crippen LogP contribution in [0.2, 0.25) is 0 Å². The van der Waals surface area contributed by atoms with Crippen LogP contribution < -0.4 is 21.5 Å². The Labute approximate surface area is 149 Å². The number of carbonyl (C=O) groups is 3. The molecule has 2 aromatic carbocycles. The Morgan fingerprint density at radius 3 is 2.04 bits per heavy atom. The molecule has 0 atom stereocenters. The second kappa shape index (κ2) is 9.16. The standard InChI is InChI=1S/C18H19FN4O3/c1-12-2-8-15(9-3-12)20-10-16(24)22-23-17(25)11-21-18(26)13-4-6-14(19)7-5-13/h2-9,20H,10-11H2,1H3,(H,21,26)(H,22,24)(H,23,25). The fraction of sp³-hybridized carbons (Fsp3) is 0.167. The Balaban J connectivity index is 1.66. The van der Waals surface area contributed by atoms with E-state index in [1.54, 1.807) is 0 Å². The highest BCUT2D eigenvalue weighted by Crippen LogP contribution is 2.07. The second-order valence-corrected chi connectivity index (χ2v) is 5.51. The molecule has 3 amide bonds. The van der Waals surface area contributed by atoms with Gasteiger partial charge in [-0.05, 0) is 43.3 Å². The van der Waals surface area contributed by atoms with Crippen LogP contribution in [0.3, 0.4) is 0 Å². The molecule has 0 aliphatic heterocycles. The van der Waals surface area contributed by atoms with Gasteiger partial charge in [0.25, 0.3) is 17.7 Å². The molecule has 0 saturated heterocycles. The maximum atomic E-state index is 12.8. The summed E-state index contributed by atoms with van der Waals surface area (Å²) < 4.78 is 12.8. The summed E-state index contributed by atoms with van der Waals surface area (Å²) >= 11 is 0. The minimum Gasteiger partial charge on any atom is -0.376 e. The Morgan fingerprint density at radius 2 is 1.42 bits per heavy atom. The molecule has 2 aromatic rings. The third-order valence-electron chi connectivity index (χ3n) is 3.36. The number of aryl methyl sites for hydroxylation is 1. The average molecular weight is 358 g/mol. The Bertz CT molecular complexity index is 776. The Hall–Kier alpha value is -3.42. The van der Waals surface area contributed by atoms with Gasteiger partial charge in [0.05, 0.1) is 13.1 Å². The SMILES string of the molecule is Cc1ccc(NCC(=O)NNC(=O)CNC(=O)c2ccc(F)cc2)cc1. The van der Waals surface area contributed by atoms with Crippen LogP contribution in [0.4, 0.5) is 10.1 Å². The number of benzene rings is 2. The lowest BCUT2D eigenvalue weighted by Crippen LogP contribution is -2.47. The third kappa shape index (κ3) is 6.23. The number of carbonyl (C=O) groups excluding carboxylic acids is 3. The van der Waals surface area contributed by atoms with E-state index in [9.17, 15) is 18.8 Å². The molecular weight excluding hydrogens is 339 g/mol. The van der Waals surface area contributed by atoms with E-state index in [2.05, 4.69) is 21.5 Å². The van der Waals surface area contributed by atoms with Crippen molar-refractivity contribution in [3.63, 3.8) is 0 Å². The second-order valence-electron chi connectivity index (χ2n) is 5.51. The molecule has 0 aromatic heterocycles. The zero-order valence-electron chi connectivity index (χ0n) is 14.1. The summed E-state index contributed by atoms with van der Waals surface area (Å²) in [6.07, 6.45) is 0. The monoisotopic (exact) mass is 358 g/mol. The average Bonchev–Trinajstić information content (AvgIpc) is 2.64.